The maximum Gasteiger partial charge on any atom is 0.200 e. The van der Waals surface area contributed by atoms with Crippen LogP contribution in [0.5, 0.6) is 17.2 Å². The number of hydrogen-bond acceptors (Lipinski definition) is 4. The van der Waals surface area contributed by atoms with E-state index < -0.39 is 0 Å². The second kappa shape index (κ2) is 4.54. The molecule has 4 nitrogen and oxygen atoms in total. The predicted octanol–water partition coefficient (Wildman–Crippen LogP) is 3.02. The molecule has 4 heteroatoms. The van der Waals surface area contributed by atoms with Crippen molar-refractivity contribution in [2.45, 2.75) is 57.5 Å². The molecule has 0 aliphatic heterocycles. The first-order valence-corrected chi connectivity index (χ1v) is 8.38. The summed E-state index contributed by atoms with van der Waals surface area (Å²) in [6.07, 6.45) is 5.47. The zero-order chi connectivity index (χ0) is 15.6. The highest BCUT2D eigenvalue weighted by molar-refractivity contribution is 5.59. The van der Waals surface area contributed by atoms with E-state index in [1.807, 2.05) is 0 Å². The number of aliphatic hydroxyl groups excluding tert-OH is 1. The lowest BCUT2D eigenvalue weighted by atomic mass is 9.55. The van der Waals surface area contributed by atoms with Gasteiger partial charge in [0, 0.05) is 5.56 Å². The first-order valence-electron chi connectivity index (χ1n) is 8.38. The summed E-state index contributed by atoms with van der Waals surface area (Å²) >= 11 is 0. The van der Waals surface area contributed by atoms with Crippen LogP contribution in [0.1, 0.15) is 56.1 Å². The summed E-state index contributed by atoms with van der Waals surface area (Å²) in [6, 6.07) is 1.61. The van der Waals surface area contributed by atoms with Crippen molar-refractivity contribution in [2.24, 2.45) is 17.3 Å². The highest BCUT2D eigenvalue weighted by atomic mass is 16.3. The summed E-state index contributed by atoms with van der Waals surface area (Å²) in [6.45, 7) is 2.22. The minimum Gasteiger partial charge on any atom is -0.504 e. The van der Waals surface area contributed by atoms with Gasteiger partial charge in [-0.15, -0.1) is 0 Å². The normalized spacial score (nSPS) is 39.9. The molecule has 3 aliphatic carbocycles. The van der Waals surface area contributed by atoms with Crippen molar-refractivity contribution >= 4 is 0 Å². The Kier molecular flexibility index (Phi) is 2.93. The number of aliphatic hydroxyl groups is 1. The van der Waals surface area contributed by atoms with Gasteiger partial charge < -0.3 is 20.4 Å². The van der Waals surface area contributed by atoms with Crippen LogP contribution in [0.15, 0.2) is 6.07 Å². The molecule has 0 bridgehead atoms. The third-order valence-corrected chi connectivity index (χ3v) is 6.88. The fraction of sp³-hybridized carbons (Fsp3) is 0.667. The Balaban J connectivity index is 1.78. The van der Waals surface area contributed by atoms with E-state index in [9.17, 15) is 20.4 Å². The fourth-order valence-electron chi connectivity index (χ4n) is 5.68. The van der Waals surface area contributed by atoms with Crippen LogP contribution in [0.4, 0.5) is 0 Å². The standard InChI is InChI=1S/C18H24O4/c1-18-7-6-11-10(12(18)4-5-14(18)20)3-2-9-8-13(19)16(21)17(22)15(9)11/h8,10-12,14,19-22H,2-7H2,1H3/t10-,11-,12-,14-,18-/m0/s1. The summed E-state index contributed by atoms with van der Waals surface area (Å²) in [5.41, 5.74) is 1.82. The molecule has 0 amide bonds. The van der Waals surface area contributed by atoms with Crippen molar-refractivity contribution in [3.63, 3.8) is 0 Å². The van der Waals surface area contributed by atoms with Crippen molar-refractivity contribution in [3.05, 3.63) is 17.2 Å². The van der Waals surface area contributed by atoms with Crippen molar-refractivity contribution in [1.29, 1.82) is 0 Å². The van der Waals surface area contributed by atoms with Gasteiger partial charge in [0.1, 0.15) is 0 Å². The SMILES string of the molecule is C[C@]12CC[C@@H]3c4c(cc(O)c(O)c4O)CC[C@@H]3[C@@H]1CC[C@@H]2O. The molecule has 0 heterocycles. The second-order valence-electron chi connectivity index (χ2n) is 7.72. The number of phenols is 3. The Bertz CT molecular complexity index is 626. The van der Waals surface area contributed by atoms with Crippen molar-refractivity contribution in [1.82, 2.24) is 0 Å². The fourth-order valence-corrected chi connectivity index (χ4v) is 5.68. The molecular weight excluding hydrogens is 280 g/mol. The summed E-state index contributed by atoms with van der Waals surface area (Å²) in [5.74, 6) is 0.430. The molecular formula is C18H24O4. The van der Waals surface area contributed by atoms with Gasteiger partial charge in [-0.1, -0.05) is 6.92 Å². The predicted molar refractivity (Wildman–Crippen MR) is 82.1 cm³/mol. The van der Waals surface area contributed by atoms with Gasteiger partial charge in [0.15, 0.2) is 11.5 Å². The van der Waals surface area contributed by atoms with Crippen LogP contribution in [-0.4, -0.2) is 26.5 Å². The number of hydrogen-bond donors (Lipinski definition) is 4. The van der Waals surface area contributed by atoms with Crippen LogP contribution < -0.4 is 0 Å². The zero-order valence-electron chi connectivity index (χ0n) is 12.9. The van der Waals surface area contributed by atoms with Crippen LogP contribution in [-0.2, 0) is 6.42 Å². The highest BCUT2D eigenvalue weighted by Crippen LogP contribution is 2.62. The van der Waals surface area contributed by atoms with E-state index in [1.54, 1.807) is 6.07 Å². The Morgan fingerprint density at radius 1 is 1.05 bits per heavy atom. The van der Waals surface area contributed by atoms with Crippen LogP contribution in [0.3, 0.4) is 0 Å². The van der Waals surface area contributed by atoms with E-state index in [-0.39, 0.29) is 34.7 Å². The molecule has 4 rings (SSSR count). The second-order valence-corrected chi connectivity index (χ2v) is 7.72. The van der Waals surface area contributed by atoms with Gasteiger partial charge in [0.2, 0.25) is 5.75 Å². The Labute approximate surface area is 130 Å². The third kappa shape index (κ3) is 1.67. The molecule has 5 atom stereocenters. The number of rotatable bonds is 0. The van der Waals surface area contributed by atoms with Gasteiger partial charge in [-0.2, -0.15) is 0 Å². The third-order valence-electron chi connectivity index (χ3n) is 6.88. The lowest BCUT2D eigenvalue weighted by molar-refractivity contribution is -0.0229. The summed E-state index contributed by atoms with van der Waals surface area (Å²) in [5, 5.41) is 40.4. The average molecular weight is 304 g/mol. The molecule has 1 aromatic rings. The number of phenolic OH excluding ortho intramolecular Hbond substituents is 3. The number of benzene rings is 1. The maximum absolute atomic E-state index is 10.4. The van der Waals surface area contributed by atoms with Gasteiger partial charge in [0.25, 0.3) is 0 Å². The summed E-state index contributed by atoms with van der Waals surface area (Å²) in [7, 11) is 0. The monoisotopic (exact) mass is 304 g/mol. The lowest BCUT2D eigenvalue weighted by Gasteiger charge is -2.50. The zero-order valence-corrected chi connectivity index (χ0v) is 12.9. The summed E-state index contributed by atoms with van der Waals surface area (Å²) in [4.78, 5) is 0. The average Bonchev–Trinajstić information content (AvgIpc) is 2.80. The Morgan fingerprint density at radius 3 is 2.59 bits per heavy atom. The van der Waals surface area contributed by atoms with E-state index in [1.165, 1.54) is 0 Å². The minimum absolute atomic E-state index is 0.00720. The Hall–Kier alpha value is -1.42. The largest absolute Gasteiger partial charge is 0.504 e. The molecule has 120 valence electrons. The molecule has 0 radical (unpaired) electrons. The van der Waals surface area contributed by atoms with Crippen LogP contribution >= 0.6 is 0 Å². The van der Waals surface area contributed by atoms with E-state index in [4.69, 9.17) is 0 Å². The van der Waals surface area contributed by atoms with Crippen molar-refractivity contribution in [3.8, 4) is 17.2 Å². The molecule has 3 aliphatic rings. The first-order chi connectivity index (χ1) is 10.4. The van der Waals surface area contributed by atoms with E-state index in [0.29, 0.717) is 11.8 Å². The van der Waals surface area contributed by atoms with E-state index in [2.05, 4.69) is 6.92 Å². The van der Waals surface area contributed by atoms with Crippen LogP contribution in [0.25, 0.3) is 0 Å². The summed E-state index contributed by atoms with van der Waals surface area (Å²) < 4.78 is 0. The topological polar surface area (TPSA) is 80.9 Å². The van der Waals surface area contributed by atoms with Crippen molar-refractivity contribution < 1.29 is 20.4 Å². The van der Waals surface area contributed by atoms with Gasteiger partial charge in [-0.3, -0.25) is 0 Å². The molecule has 2 saturated carbocycles. The molecule has 1 aromatic carbocycles. The highest BCUT2D eigenvalue weighted by Gasteiger charge is 2.54. The molecule has 4 N–H and O–H groups in total. The van der Waals surface area contributed by atoms with Gasteiger partial charge >= 0.3 is 0 Å². The van der Waals surface area contributed by atoms with E-state index in [0.717, 1.165) is 49.7 Å². The smallest absolute Gasteiger partial charge is 0.200 e. The number of aromatic hydroxyl groups is 3. The van der Waals surface area contributed by atoms with Gasteiger partial charge in [-0.05, 0) is 73.3 Å². The van der Waals surface area contributed by atoms with Gasteiger partial charge in [-0.25, -0.2) is 0 Å². The maximum atomic E-state index is 10.4. The molecule has 2 fully saturated rings. The minimum atomic E-state index is -0.390. The molecule has 0 unspecified atom stereocenters. The van der Waals surface area contributed by atoms with Gasteiger partial charge in [0.05, 0.1) is 6.10 Å². The van der Waals surface area contributed by atoms with Crippen LogP contribution in [0.2, 0.25) is 0 Å². The number of fused-ring (bicyclic) bond motifs is 5. The molecule has 0 aromatic heterocycles. The Morgan fingerprint density at radius 2 is 1.82 bits per heavy atom. The molecule has 22 heavy (non-hydrogen) atoms. The quantitative estimate of drug-likeness (QED) is 0.555. The molecule has 0 saturated heterocycles. The van der Waals surface area contributed by atoms with Crippen LogP contribution in [0, 0.1) is 17.3 Å². The van der Waals surface area contributed by atoms with E-state index >= 15 is 0 Å². The molecule has 0 spiro atoms. The van der Waals surface area contributed by atoms with Crippen molar-refractivity contribution in [2.75, 3.05) is 0 Å². The number of aryl methyl sites for hydroxylation is 1. The first kappa shape index (κ1) is 14.2. The lowest BCUT2D eigenvalue weighted by Crippen LogP contribution is -2.43.